The first-order valence-corrected chi connectivity index (χ1v) is 22.0. The van der Waals surface area contributed by atoms with Crippen molar-refractivity contribution in [2.45, 2.75) is 5.41 Å². The Morgan fingerprint density at radius 1 is 0.338 bits per heavy atom. The van der Waals surface area contributed by atoms with Crippen molar-refractivity contribution < 1.29 is 9.47 Å². The van der Waals surface area contributed by atoms with Gasteiger partial charge in [-0.2, -0.15) is 0 Å². The van der Waals surface area contributed by atoms with Crippen LogP contribution in [0.15, 0.2) is 231 Å². The fourth-order valence-corrected chi connectivity index (χ4v) is 10.3. The van der Waals surface area contributed by atoms with Crippen LogP contribution in [-0.4, -0.2) is 9.97 Å². The second-order valence-electron chi connectivity index (χ2n) is 16.8. The van der Waals surface area contributed by atoms with E-state index in [0.29, 0.717) is 23.1 Å². The molecule has 4 nitrogen and oxygen atoms in total. The topological polar surface area (TPSA) is 44.2 Å². The molecular weight excluding hydrogens is 793 g/mol. The lowest BCUT2D eigenvalue weighted by molar-refractivity contribution is 0.361. The predicted molar refractivity (Wildman–Crippen MR) is 263 cm³/mol. The number of para-hydroxylation sites is 1. The zero-order valence-electron chi connectivity index (χ0n) is 35.2. The second kappa shape index (κ2) is 14.8. The summed E-state index contributed by atoms with van der Waals surface area (Å²) in [5, 5.41) is 4.87. The Balaban J connectivity index is 0.901. The van der Waals surface area contributed by atoms with Gasteiger partial charge in [-0.3, -0.25) is 0 Å². The molecule has 0 bridgehead atoms. The van der Waals surface area contributed by atoms with E-state index in [9.17, 15) is 0 Å². The Bertz CT molecular complexity index is 3600. The van der Waals surface area contributed by atoms with Gasteiger partial charge in [-0.05, 0) is 79.2 Å². The number of ether oxygens (including phenoxy) is 2. The molecule has 0 amide bonds. The van der Waals surface area contributed by atoms with E-state index < -0.39 is 5.41 Å². The number of nitrogens with zero attached hydrogens (tertiary/aromatic N) is 2. The summed E-state index contributed by atoms with van der Waals surface area (Å²) < 4.78 is 13.9. The molecule has 1 aromatic heterocycles. The van der Waals surface area contributed by atoms with Crippen LogP contribution < -0.4 is 9.47 Å². The van der Waals surface area contributed by atoms with E-state index in [-0.39, 0.29) is 0 Å². The molecule has 0 radical (unpaired) electrons. The van der Waals surface area contributed by atoms with Crippen LogP contribution in [0.3, 0.4) is 0 Å². The van der Waals surface area contributed by atoms with Gasteiger partial charge in [0.15, 0.2) is 28.8 Å². The minimum absolute atomic E-state index is 0.549. The number of hydrogen-bond acceptors (Lipinski definition) is 4. The van der Waals surface area contributed by atoms with Gasteiger partial charge in [0.1, 0.15) is 0 Å². The predicted octanol–water partition coefficient (Wildman–Crippen LogP) is 15.7. The largest absolute Gasteiger partial charge is 0.449 e. The van der Waals surface area contributed by atoms with E-state index in [0.717, 1.165) is 56.1 Å². The van der Waals surface area contributed by atoms with Gasteiger partial charge in [0.05, 0.1) is 16.8 Å². The van der Waals surface area contributed by atoms with Crippen LogP contribution in [-0.2, 0) is 5.41 Å². The molecule has 0 N–H and O–H groups in total. The molecule has 304 valence electrons. The maximum atomic E-state index is 7.18. The molecule has 2 aliphatic rings. The molecular formula is C61H38N2O2. The van der Waals surface area contributed by atoms with E-state index in [1.807, 2.05) is 30.3 Å². The van der Waals surface area contributed by atoms with Gasteiger partial charge >= 0.3 is 0 Å². The third-order valence-corrected chi connectivity index (χ3v) is 13.2. The summed E-state index contributed by atoms with van der Waals surface area (Å²) in [5.74, 6) is 3.47. The fraction of sp³-hybridized carbons (Fsp3) is 0.0164. The molecule has 0 spiro atoms. The second-order valence-corrected chi connectivity index (χ2v) is 16.8. The monoisotopic (exact) mass is 830 g/mol. The van der Waals surface area contributed by atoms with Crippen LogP contribution in [0, 0.1) is 0 Å². The normalized spacial score (nSPS) is 13.0. The smallest absolute Gasteiger partial charge is 0.178 e. The number of hydrogen-bond donors (Lipinski definition) is 0. The highest BCUT2D eigenvalue weighted by atomic mass is 16.6. The molecule has 13 rings (SSSR count). The molecule has 0 unspecified atom stereocenters. The zero-order chi connectivity index (χ0) is 42.9. The Morgan fingerprint density at radius 2 is 0.938 bits per heavy atom. The lowest BCUT2D eigenvalue weighted by atomic mass is 9.68. The minimum Gasteiger partial charge on any atom is -0.449 e. The van der Waals surface area contributed by atoms with Crippen LogP contribution >= 0.6 is 0 Å². The van der Waals surface area contributed by atoms with Crippen molar-refractivity contribution in [2.24, 2.45) is 0 Å². The molecule has 0 saturated carbocycles. The van der Waals surface area contributed by atoms with E-state index in [2.05, 4.69) is 200 Å². The first-order chi connectivity index (χ1) is 32.2. The van der Waals surface area contributed by atoms with Crippen molar-refractivity contribution in [2.75, 3.05) is 0 Å². The maximum absolute atomic E-state index is 7.18. The summed E-state index contributed by atoms with van der Waals surface area (Å²) in [4.78, 5) is 10.3. The number of aromatic nitrogens is 2. The summed E-state index contributed by atoms with van der Waals surface area (Å²) in [6.45, 7) is 0. The first kappa shape index (κ1) is 37.0. The van der Waals surface area contributed by atoms with Gasteiger partial charge in [0.2, 0.25) is 0 Å². The first-order valence-electron chi connectivity index (χ1n) is 22.0. The standard InChI is InChI=1S/C61H38N2O2/c1-4-16-42(17-5-1)60-62-53(38-54(63-60)44-33-34-48-43(37-44)32-29-39-15-10-11-22-47(39)48)41-30-27-40(28-31-41)49-24-14-26-55-58(49)65-59-56(64-55)36-35-52-57(59)50-23-12-13-25-51(50)61(52,45-18-6-2-7-19-45)46-20-8-3-9-21-46/h1-38H. The number of benzene rings is 10. The zero-order valence-corrected chi connectivity index (χ0v) is 35.2. The van der Waals surface area contributed by atoms with Crippen LogP contribution in [0.4, 0.5) is 0 Å². The summed E-state index contributed by atoms with van der Waals surface area (Å²) in [6, 6.07) is 81.2. The summed E-state index contributed by atoms with van der Waals surface area (Å²) >= 11 is 0. The summed E-state index contributed by atoms with van der Waals surface area (Å²) in [6.07, 6.45) is 0. The molecule has 0 saturated heterocycles. The van der Waals surface area contributed by atoms with Gasteiger partial charge in [-0.15, -0.1) is 0 Å². The molecule has 1 aliphatic carbocycles. The molecule has 10 aromatic carbocycles. The molecule has 4 heteroatoms. The van der Waals surface area contributed by atoms with Crippen LogP contribution in [0.5, 0.6) is 23.0 Å². The van der Waals surface area contributed by atoms with Crippen molar-refractivity contribution in [1.29, 1.82) is 0 Å². The Morgan fingerprint density at radius 3 is 1.72 bits per heavy atom. The third kappa shape index (κ3) is 5.85. The van der Waals surface area contributed by atoms with Crippen molar-refractivity contribution in [3.05, 3.63) is 253 Å². The lowest BCUT2D eigenvalue weighted by Gasteiger charge is -2.34. The van der Waals surface area contributed by atoms with Crippen LogP contribution in [0.2, 0.25) is 0 Å². The van der Waals surface area contributed by atoms with E-state index in [1.54, 1.807) is 0 Å². The fourth-order valence-electron chi connectivity index (χ4n) is 10.3. The van der Waals surface area contributed by atoms with Gasteiger partial charge in [-0.1, -0.05) is 206 Å². The van der Waals surface area contributed by atoms with E-state index in [4.69, 9.17) is 19.4 Å². The van der Waals surface area contributed by atoms with Gasteiger partial charge in [-0.25, -0.2) is 9.97 Å². The third-order valence-electron chi connectivity index (χ3n) is 13.2. The van der Waals surface area contributed by atoms with Gasteiger partial charge in [0, 0.05) is 27.8 Å². The Kier molecular flexibility index (Phi) is 8.40. The SMILES string of the molecule is c1ccc(-c2nc(-c3ccc(-c4cccc5c4Oc4c(ccc6c4-c4ccccc4C6(c4ccccc4)c4ccccc4)O5)cc3)cc(-c3ccc4c(ccc5ccccc54)c3)n2)cc1. The van der Waals surface area contributed by atoms with Crippen molar-refractivity contribution >= 4 is 21.5 Å². The summed E-state index contributed by atoms with van der Waals surface area (Å²) in [7, 11) is 0. The maximum Gasteiger partial charge on any atom is 0.178 e. The Labute approximate surface area is 376 Å². The Hall–Kier alpha value is -8.60. The average molecular weight is 831 g/mol. The van der Waals surface area contributed by atoms with E-state index in [1.165, 1.54) is 43.8 Å². The van der Waals surface area contributed by atoms with Crippen molar-refractivity contribution in [3.63, 3.8) is 0 Å². The number of fused-ring (bicyclic) bond motifs is 9. The van der Waals surface area contributed by atoms with Crippen LogP contribution in [0.25, 0.3) is 77.7 Å². The highest BCUT2D eigenvalue weighted by Gasteiger charge is 2.48. The minimum atomic E-state index is -0.549. The quantitative estimate of drug-likeness (QED) is 0.157. The molecule has 65 heavy (non-hydrogen) atoms. The van der Waals surface area contributed by atoms with Crippen molar-refractivity contribution in [3.8, 4) is 79.2 Å². The molecule has 0 fully saturated rings. The van der Waals surface area contributed by atoms with Crippen molar-refractivity contribution in [1.82, 2.24) is 9.97 Å². The van der Waals surface area contributed by atoms with Gasteiger partial charge in [0.25, 0.3) is 0 Å². The lowest BCUT2D eigenvalue weighted by Crippen LogP contribution is -2.28. The highest BCUT2D eigenvalue weighted by Crippen LogP contribution is 2.62. The molecule has 11 aromatic rings. The molecule has 1 aliphatic heterocycles. The molecule has 2 heterocycles. The highest BCUT2D eigenvalue weighted by molar-refractivity contribution is 6.08. The van der Waals surface area contributed by atoms with Gasteiger partial charge < -0.3 is 9.47 Å². The average Bonchev–Trinajstić information content (AvgIpc) is 3.70. The van der Waals surface area contributed by atoms with E-state index >= 15 is 0 Å². The molecule has 0 atom stereocenters. The summed E-state index contributed by atoms with van der Waals surface area (Å²) in [5.41, 5.74) is 13.1. The number of rotatable bonds is 6. The van der Waals surface area contributed by atoms with Crippen LogP contribution in [0.1, 0.15) is 22.3 Å².